The molecule has 8 heteroatoms. The maximum absolute atomic E-state index is 13.8. The molecule has 3 rings (SSSR count). The van der Waals surface area contributed by atoms with Crippen molar-refractivity contribution in [1.82, 2.24) is 19.6 Å². The number of carbonyl (C=O) groups is 1. The Morgan fingerprint density at radius 2 is 1.96 bits per heavy atom. The minimum Gasteiger partial charge on any atom is -0.367 e. The van der Waals surface area contributed by atoms with Gasteiger partial charge in [0.05, 0.1) is 12.2 Å². The van der Waals surface area contributed by atoms with Crippen molar-refractivity contribution in [3.63, 3.8) is 0 Å². The second-order valence-electron chi connectivity index (χ2n) is 9.45. The van der Waals surface area contributed by atoms with Crippen LogP contribution in [0.2, 0.25) is 0 Å². The van der Waals surface area contributed by atoms with Crippen LogP contribution in [0.3, 0.4) is 0 Å². The van der Waals surface area contributed by atoms with E-state index in [4.69, 9.17) is 0 Å². The van der Waals surface area contributed by atoms with Gasteiger partial charge >= 0.3 is 0 Å². The predicted octanol–water partition coefficient (Wildman–Crippen LogP) is 2.97. The molecule has 2 aliphatic rings. The molecule has 0 aromatic carbocycles. The van der Waals surface area contributed by atoms with Crippen molar-refractivity contribution < 1.29 is 13.6 Å². The Morgan fingerprint density at radius 1 is 1.32 bits per heavy atom. The zero-order valence-corrected chi connectivity index (χ0v) is 17.6. The summed E-state index contributed by atoms with van der Waals surface area (Å²) in [6.07, 6.45) is -0.398. The SMILES string of the molecule is CN(C)CC(=O)N1CCC([C@@H]2C[C@H](C(F)F)n3nc(C(C)(C)C)cc3N2)CC1. The number of aromatic nitrogens is 2. The van der Waals surface area contributed by atoms with Gasteiger partial charge in [0.1, 0.15) is 11.9 Å². The molecule has 158 valence electrons. The quantitative estimate of drug-likeness (QED) is 0.849. The van der Waals surface area contributed by atoms with E-state index in [9.17, 15) is 13.6 Å². The molecule has 1 N–H and O–H groups in total. The third kappa shape index (κ3) is 4.47. The molecule has 1 fully saturated rings. The van der Waals surface area contributed by atoms with E-state index in [1.54, 1.807) is 0 Å². The van der Waals surface area contributed by atoms with Crippen LogP contribution < -0.4 is 5.32 Å². The van der Waals surface area contributed by atoms with E-state index in [1.165, 1.54) is 4.68 Å². The first-order chi connectivity index (χ1) is 13.1. The topological polar surface area (TPSA) is 53.4 Å². The molecule has 0 radical (unpaired) electrons. The van der Waals surface area contributed by atoms with Crippen LogP contribution in [-0.4, -0.2) is 71.7 Å². The number of carbonyl (C=O) groups excluding carboxylic acids is 1. The predicted molar refractivity (Wildman–Crippen MR) is 106 cm³/mol. The van der Waals surface area contributed by atoms with Gasteiger partial charge in [-0.25, -0.2) is 13.5 Å². The van der Waals surface area contributed by atoms with Crippen LogP contribution in [0.5, 0.6) is 0 Å². The van der Waals surface area contributed by atoms with Crippen molar-refractivity contribution >= 4 is 11.7 Å². The Balaban J connectivity index is 1.70. The van der Waals surface area contributed by atoms with Crippen molar-refractivity contribution in [2.45, 2.75) is 64.0 Å². The summed E-state index contributed by atoms with van der Waals surface area (Å²) in [5, 5.41) is 7.96. The van der Waals surface area contributed by atoms with Gasteiger partial charge in [0.25, 0.3) is 6.43 Å². The first kappa shape index (κ1) is 21.0. The fourth-order valence-corrected chi connectivity index (χ4v) is 4.17. The van der Waals surface area contributed by atoms with E-state index in [0.717, 1.165) is 18.5 Å². The summed E-state index contributed by atoms with van der Waals surface area (Å²) in [7, 11) is 3.77. The molecule has 28 heavy (non-hydrogen) atoms. The van der Waals surface area contributed by atoms with E-state index < -0.39 is 12.5 Å². The lowest BCUT2D eigenvalue weighted by atomic mass is 9.85. The lowest BCUT2D eigenvalue weighted by Crippen LogP contribution is -2.47. The minimum atomic E-state index is -2.45. The zero-order valence-electron chi connectivity index (χ0n) is 17.6. The number of likely N-dealkylation sites (tertiary alicyclic amines) is 1. The Bertz CT molecular complexity index is 689. The number of piperidine rings is 1. The van der Waals surface area contributed by atoms with Gasteiger partial charge in [-0.2, -0.15) is 5.10 Å². The average molecular weight is 398 g/mol. The number of rotatable bonds is 4. The van der Waals surface area contributed by atoms with Crippen molar-refractivity contribution in [2.75, 3.05) is 39.0 Å². The highest BCUT2D eigenvalue weighted by molar-refractivity contribution is 5.78. The highest BCUT2D eigenvalue weighted by Gasteiger charge is 2.39. The third-order valence-corrected chi connectivity index (χ3v) is 5.85. The highest BCUT2D eigenvalue weighted by Crippen LogP contribution is 2.38. The van der Waals surface area contributed by atoms with Gasteiger partial charge in [-0.15, -0.1) is 0 Å². The number of amides is 1. The van der Waals surface area contributed by atoms with Gasteiger partial charge in [0, 0.05) is 30.6 Å². The van der Waals surface area contributed by atoms with E-state index >= 15 is 0 Å². The van der Waals surface area contributed by atoms with Gasteiger partial charge < -0.3 is 15.1 Å². The van der Waals surface area contributed by atoms with Crippen molar-refractivity contribution in [1.29, 1.82) is 0 Å². The molecular formula is C20H33F2N5O. The summed E-state index contributed by atoms with van der Waals surface area (Å²) in [5.74, 6) is 1.11. The molecule has 0 saturated carbocycles. The van der Waals surface area contributed by atoms with Crippen LogP contribution >= 0.6 is 0 Å². The number of alkyl halides is 2. The Labute approximate surface area is 166 Å². The summed E-state index contributed by atoms with van der Waals surface area (Å²) >= 11 is 0. The molecule has 1 aromatic rings. The molecule has 0 bridgehead atoms. The van der Waals surface area contributed by atoms with Gasteiger partial charge in [-0.05, 0) is 39.3 Å². The third-order valence-electron chi connectivity index (χ3n) is 5.85. The summed E-state index contributed by atoms with van der Waals surface area (Å²) in [4.78, 5) is 16.0. The molecule has 3 heterocycles. The van der Waals surface area contributed by atoms with Gasteiger partial charge in [-0.1, -0.05) is 20.8 Å². The molecule has 1 aromatic heterocycles. The largest absolute Gasteiger partial charge is 0.367 e. The fraction of sp³-hybridized carbons (Fsp3) is 0.800. The number of halogens is 2. The van der Waals surface area contributed by atoms with Crippen LogP contribution in [-0.2, 0) is 10.2 Å². The molecule has 2 atom stereocenters. The molecule has 2 aliphatic heterocycles. The minimum absolute atomic E-state index is 0.0119. The normalized spacial score (nSPS) is 23.8. The Morgan fingerprint density at radius 3 is 2.50 bits per heavy atom. The van der Waals surface area contributed by atoms with Gasteiger partial charge in [0.2, 0.25) is 5.91 Å². The number of anilines is 1. The number of nitrogens with zero attached hydrogens (tertiary/aromatic N) is 4. The summed E-state index contributed by atoms with van der Waals surface area (Å²) in [6, 6.07) is 1.00. The number of nitrogens with one attached hydrogen (secondary N) is 1. The number of fused-ring (bicyclic) bond motifs is 1. The average Bonchev–Trinajstić information content (AvgIpc) is 3.04. The monoisotopic (exact) mass is 397 g/mol. The standard InChI is InChI=1S/C20H33F2N5O/c1-20(2,3)16-11-17-23-14(10-15(19(21)22)27(17)24-16)13-6-8-26(9-7-13)18(28)12-25(4)5/h11,13-15,19,23H,6-10,12H2,1-5H3/t14-,15+/m0/s1. The Hall–Kier alpha value is -1.70. The summed E-state index contributed by atoms with van der Waals surface area (Å²) < 4.78 is 29.1. The van der Waals surface area contributed by atoms with Gasteiger partial charge in [0.15, 0.2) is 0 Å². The van der Waals surface area contributed by atoms with Crippen LogP contribution in [0.25, 0.3) is 0 Å². The second kappa shape index (κ2) is 7.97. The fourth-order valence-electron chi connectivity index (χ4n) is 4.17. The molecule has 1 amide bonds. The van der Waals surface area contributed by atoms with Crippen LogP contribution in [0.4, 0.5) is 14.6 Å². The highest BCUT2D eigenvalue weighted by atomic mass is 19.3. The van der Waals surface area contributed by atoms with E-state index in [1.807, 2.05) is 50.7 Å². The van der Waals surface area contributed by atoms with Crippen molar-refractivity contribution in [3.8, 4) is 0 Å². The zero-order chi connectivity index (χ0) is 20.6. The summed E-state index contributed by atoms with van der Waals surface area (Å²) in [6.45, 7) is 7.92. The van der Waals surface area contributed by atoms with Crippen LogP contribution in [0.15, 0.2) is 6.07 Å². The Kier molecular flexibility index (Phi) is 5.98. The van der Waals surface area contributed by atoms with E-state index in [0.29, 0.717) is 31.9 Å². The number of likely N-dealkylation sites (N-methyl/N-ethyl adjacent to an activating group) is 1. The van der Waals surface area contributed by atoms with Crippen molar-refractivity contribution in [2.24, 2.45) is 5.92 Å². The van der Waals surface area contributed by atoms with E-state index in [-0.39, 0.29) is 23.3 Å². The summed E-state index contributed by atoms with van der Waals surface area (Å²) in [5.41, 5.74) is 0.636. The molecule has 6 nitrogen and oxygen atoms in total. The molecule has 0 aliphatic carbocycles. The first-order valence-corrected chi connectivity index (χ1v) is 10.1. The van der Waals surface area contributed by atoms with Gasteiger partial charge in [-0.3, -0.25) is 4.79 Å². The maximum atomic E-state index is 13.8. The van der Waals surface area contributed by atoms with Crippen LogP contribution in [0.1, 0.15) is 51.8 Å². The number of hydrogen-bond acceptors (Lipinski definition) is 4. The lowest BCUT2D eigenvalue weighted by Gasteiger charge is -2.40. The molecular weight excluding hydrogens is 364 g/mol. The lowest BCUT2D eigenvalue weighted by molar-refractivity contribution is -0.133. The maximum Gasteiger partial charge on any atom is 0.260 e. The van der Waals surface area contributed by atoms with Crippen LogP contribution in [0, 0.1) is 5.92 Å². The molecule has 0 spiro atoms. The van der Waals surface area contributed by atoms with E-state index in [2.05, 4.69) is 10.4 Å². The molecule has 0 unspecified atom stereocenters. The van der Waals surface area contributed by atoms with Crippen molar-refractivity contribution in [3.05, 3.63) is 11.8 Å². The molecule has 1 saturated heterocycles. The smallest absolute Gasteiger partial charge is 0.260 e. The first-order valence-electron chi connectivity index (χ1n) is 10.1. The number of hydrogen-bond donors (Lipinski definition) is 1. The second-order valence-corrected chi connectivity index (χ2v) is 9.45.